The van der Waals surface area contributed by atoms with Crippen LogP contribution < -0.4 is 16.0 Å². The summed E-state index contributed by atoms with van der Waals surface area (Å²) in [6, 6.07) is 19.9. The van der Waals surface area contributed by atoms with Crippen LogP contribution in [0.1, 0.15) is 47.9 Å². The first kappa shape index (κ1) is 30.4. The lowest BCUT2D eigenvalue weighted by atomic mass is 9.75. The van der Waals surface area contributed by atoms with E-state index in [1.807, 2.05) is 80.6 Å². The van der Waals surface area contributed by atoms with Crippen LogP contribution in [0, 0.1) is 5.92 Å². The second kappa shape index (κ2) is 14.3. The third-order valence-electron chi connectivity index (χ3n) is 6.77. The lowest BCUT2D eigenvalue weighted by Crippen LogP contribution is -2.56. The van der Waals surface area contributed by atoms with Crippen LogP contribution >= 0.6 is 0 Å². The van der Waals surface area contributed by atoms with E-state index < -0.39 is 42.9 Å². The Morgan fingerprint density at radius 2 is 1.55 bits per heavy atom. The van der Waals surface area contributed by atoms with Gasteiger partial charge in [0.25, 0.3) is 5.91 Å². The van der Waals surface area contributed by atoms with Crippen molar-refractivity contribution in [2.24, 2.45) is 5.92 Å². The molecule has 0 spiro atoms. The van der Waals surface area contributed by atoms with E-state index in [1.165, 1.54) is 18.6 Å². The van der Waals surface area contributed by atoms with E-state index in [9.17, 15) is 24.4 Å². The lowest BCUT2D eigenvalue weighted by molar-refractivity contribution is -0.130. The maximum atomic E-state index is 13.9. The number of aromatic nitrogens is 2. The molecule has 0 radical (unpaired) electrons. The molecular formula is C31H34BN5O5. The number of amides is 3. The predicted octanol–water partition coefficient (Wildman–Crippen LogP) is 2.37. The zero-order valence-electron chi connectivity index (χ0n) is 23.5. The zero-order chi connectivity index (χ0) is 30.1. The number of fused-ring (bicyclic) bond motifs is 1. The average molecular weight is 567 g/mol. The Morgan fingerprint density at radius 1 is 0.833 bits per heavy atom. The van der Waals surface area contributed by atoms with Crippen LogP contribution in [0.25, 0.3) is 10.8 Å². The maximum Gasteiger partial charge on any atom is 0.475 e. The quantitative estimate of drug-likeness (QED) is 0.165. The highest BCUT2D eigenvalue weighted by atomic mass is 16.4. The van der Waals surface area contributed by atoms with Crippen LogP contribution in [0.15, 0.2) is 91.4 Å². The number of benzene rings is 3. The summed E-state index contributed by atoms with van der Waals surface area (Å²) < 4.78 is 0. The second-order valence-corrected chi connectivity index (χ2v) is 10.5. The van der Waals surface area contributed by atoms with Gasteiger partial charge in [0, 0.05) is 18.8 Å². The molecule has 5 N–H and O–H groups in total. The summed E-state index contributed by atoms with van der Waals surface area (Å²) >= 11 is 0. The van der Waals surface area contributed by atoms with E-state index in [4.69, 9.17) is 0 Å². The first-order chi connectivity index (χ1) is 20.2. The van der Waals surface area contributed by atoms with Gasteiger partial charge >= 0.3 is 7.12 Å². The molecule has 0 aliphatic carbocycles. The molecule has 0 fully saturated rings. The Labute approximate surface area is 244 Å². The van der Waals surface area contributed by atoms with Crippen LogP contribution in [0.4, 0.5) is 0 Å². The molecule has 11 heteroatoms. The summed E-state index contributed by atoms with van der Waals surface area (Å²) in [7, 11) is -1.78. The molecule has 3 amide bonds. The van der Waals surface area contributed by atoms with Crippen molar-refractivity contribution >= 4 is 35.6 Å². The third kappa shape index (κ3) is 8.21. The number of nitrogens with zero attached hydrogens (tertiary/aromatic N) is 2. The largest absolute Gasteiger partial charge is 0.475 e. The minimum atomic E-state index is -1.78. The summed E-state index contributed by atoms with van der Waals surface area (Å²) in [5.74, 6) is -2.67. The molecule has 216 valence electrons. The summed E-state index contributed by atoms with van der Waals surface area (Å²) in [4.78, 5) is 48.5. The van der Waals surface area contributed by atoms with Crippen LogP contribution in [-0.2, 0) is 16.0 Å². The maximum absolute atomic E-state index is 13.9. The average Bonchev–Trinajstić information content (AvgIpc) is 2.99. The number of rotatable bonds is 12. The first-order valence-corrected chi connectivity index (χ1v) is 13.8. The van der Waals surface area contributed by atoms with Crippen molar-refractivity contribution in [3.63, 3.8) is 0 Å². The van der Waals surface area contributed by atoms with Crippen molar-refractivity contribution in [3.8, 4) is 0 Å². The summed E-state index contributed by atoms with van der Waals surface area (Å²) in [6.07, 6.45) is 4.57. The van der Waals surface area contributed by atoms with Crippen molar-refractivity contribution in [2.75, 3.05) is 0 Å². The number of carbonyl (C=O) groups excluding carboxylic acids is 3. The SMILES string of the molecule is CC(C)C[C@H](NC(=O)[C@H](Cc1ccccc1)NC(=O)[C@@H](NC(=O)c1cnccn1)c1ccc2ccccc2c1)B(O)O. The molecule has 1 heterocycles. The molecule has 1 aromatic heterocycles. The predicted molar refractivity (Wildman–Crippen MR) is 160 cm³/mol. The van der Waals surface area contributed by atoms with Gasteiger partial charge in [-0.1, -0.05) is 80.6 Å². The molecule has 0 saturated heterocycles. The first-order valence-electron chi connectivity index (χ1n) is 13.8. The van der Waals surface area contributed by atoms with E-state index in [2.05, 4.69) is 25.9 Å². The van der Waals surface area contributed by atoms with Crippen LogP contribution in [0.5, 0.6) is 0 Å². The van der Waals surface area contributed by atoms with E-state index in [-0.39, 0.29) is 18.0 Å². The second-order valence-electron chi connectivity index (χ2n) is 10.5. The molecule has 10 nitrogen and oxygen atoms in total. The minimum absolute atomic E-state index is 0.0307. The number of hydrogen-bond acceptors (Lipinski definition) is 7. The van der Waals surface area contributed by atoms with Gasteiger partial charge in [-0.05, 0) is 40.3 Å². The molecular weight excluding hydrogens is 533 g/mol. The third-order valence-corrected chi connectivity index (χ3v) is 6.77. The van der Waals surface area contributed by atoms with E-state index in [1.54, 1.807) is 6.07 Å². The molecule has 3 atom stereocenters. The van der Waals surface area contributed by atoms with E-state index in [0.29, 0.717) is 12.0 Å². The molecule has 0 saturated carbocycles. The molecule has 0 aliphatic heterocycles. The standard InChI is InChI=1S/C31H34BN5O5/c1-20(2)16-27(32(41)42)36-29(38)25(17-21-8-4-3-5-9-21)35-31(40)28(37-30(39)26-19-33-14-15-34-26)24-13-12-22-10-6-7-11-23(22)18-24/h3-15,18-20,25,27-28,41-42H,16-17H2,1-2H3,(H,35,40)(H,36,38)(H,37,39)/t25-,27-,28-/m0/s1. The molecule has 42 heavy (non-hydrogen) atoms. The van der Waals surface area contributed by atoms with Gasteiger partial charge in [-0.2, -0.15) is 0 Å². The summed E-state index contributed by atoms with van der Waals surface area (Å²) in [5, 5.41) is 29.8. The Hall–Kier alpha value is -4.61. The molecule has 0 aliphatic rings. The fourth-order valence-electron chi connectivity index (χ4n) is 4.67. The summed E-state index contributed by atoms with van der Waals surface area (Å²) in [6.45, 7) is 3.80. The van der Waals surface area contributed by atoms with Crippen molar-refractivity contribution < 1.29 is 24.4 Å². The van der Waals surface area contributed by atoms with Gasteiger partial charge in [0.2, 0.25) is 11.8 Å². The Bertz CT molecular complexity index is 1500. The molecule has 0 bridgehead atoms. The Morgan fingerprint density at radius 3 is 2.21 bits per heavy atom. The lowest BCUT2D eigenvalue weighted by Gasteiger charge is -2.26. The highest BCUT2D eigenvalue weighted by Gasteiger charge is 2.32. The Balaban J connectivity index is 1.65. The summed E-state index contributed by atoms with van der Waals surface area (Å²) in [5.41, 5.74) is 1.32. The van der Waals surface area contributed by atoms with Gasteiger partial charge < -0.3 is 26.0 Å². The van der Waals surface area contributed by atoms with E-state index in [0.717, 1.165) is 16.3 Å². The number of hydrogen-bond donors (Lipinski definition) is 5. The van der Waals surface area contributed by atoms with Gasteiger partial charge in [0.05, 0.1) is 12.1 Å². The van der Waals surface area contributed by atoms with Crippen molar-refractivity contribution in [1.82, 2.24) is 25.9 Å². The Kier molecular flexibility index (Phi) is 10.4. The van der Waals surface area contributed by atoms with E-state index >= 15 is 0 Å². The van der Waals surface area contributed by atoms with Gasteiger partial charge in [-0.25, -0.2) is 4.98 Å². The smallest absolute Gasteiger partial charge is 0.426 e. The van der Waals surface area contributed by atoms with Gasteiger partial charge in [0.1, 0.15) is 17.8 Å². The van der Waals surface area contributed by atoms with Gasteiger partial charge in [-0.15, -0.1) is 0 Å². The minimum Gasteiger partial charge on any atom is -0.426 e. The zero-order valence-corrected chi connectivity index (χ0v) is 23.5. The molecule has 0 unspecified atom stereocenters. The van der Waals surface area contributed by atoms with Crippen LogP contribution in [-0.4, -0.2) is 56.8 Å². The fraction of sp³-hybridized carbons (Fsp3) is 0.258. The highest BCUT2D eigenvalue weighted by molar-refractivity contribution is 6.43. The monoisotopic (exact) mass is 567 g/mol. The molecule has 4 aromatic rings. The number of carbonyl (C=O) groups is 3. The normalized spacial score (nSPS) is 13.2. The van der Waals surface area contributed by atoms with Crippen molar-refractivity contribution in [2.45, 2.75) is 44.7 Å². The van der Waals surface area contributed by atoms with Crippen molar-refractivity contribution in [1.29, 1.82) is 0 Å². The topological polar surface area (TPSA) is 154 Å². The number of nitrogens with one attached hydrogen (secondary N) is 3. The van der Waals surface area contributed by atoms with Gasteiger partial charge in [0.15, 0.2) is 0 Å². The molecule has 4 rings (SSSR count). The van der Waals surface area contributed by atoms with Gasteiger partial charge in [-0.3, -0.25) is 19.4 Å². The van der Waals surface area contributed by atoms with Crippen LogP contribution in [0.2, 0.25) is 0 Å². The highest BCUT2D eigenvalue weighted by Crippen LogP contribution is 2.22. The molecule has 3 aromatic carbocycles. The fourth-order valence-corrected chi connectivity index (χ4v) is 4.67. The van der Waals surface area contributed by atoms with Crippen molar-refractivity contribution in [3.05, 3.63) is 108 Å². The van der Waals surface area contributed by atoms with Crippen LogP contribution in [0.3, 0.4) is 0 Å².